The smallest absolute Gasteiger partial charge is 0.220 e. The lowest BCUT2D eigenvalue weighted by Crippen LogP contribution is -2.31. The molecule has 0 saturated carbocycles. The van der Waals surface area contributed by atoms with Crippen LogP contribution in [0.4, 0.5) is 0 Å². The summed E-state index contributed by atoms with van der Waals surface area (Å²) >= 11 is 2.03. The highest BCUT2D eigenvalue weighted by Crippen LogP contribution is 2.21. The van der Waals surface area contributed by atoms with Crippen LogP contribution in [0.3, 0.4) is 0 Å². The van der Waals surface area contributed by atoms with Crippen LogP contribution in [0.1, 0.15) is 39.0 Å². The summed E-state index contributed by atoms with van der Waals surface area (Å²) in [5, 5.41) is 3.07. The van der Waals surface area contributed by atoms with Gasteiger partial charge in [-0.1, -0.05) is 6.92 Å². The molecule has 1 unspecified atom stereocenters. The van der Waals surface area contributed by atoms with Crippen LogP contribution >= 0.6 is 11.8 Å². The molecule has 0 aliphatic carbocycles. The molecule has 0 bridgehead atoms. The molecule has 4 heteroatoms. The van der Waals surface area contributed by atoms with Gasteiger partial charge in [0.05, 0.1) is 0 Å². The van der Waals surface area contributed by atoms with E-state index in [1.807, 2.05) is 11.8 Å². The van der Waals surface area contributed by atoms with E-state index in [-0.39, 0.29) is 5.91 Å². The van der Waals surface area contributed by atoms with E-state index in [2.05, 4.69) is 12.2 Å². The van der Waals surface area contributed by atoms with Crippen LogP contribution in [0, 0.1) is 11.8 Å². The highest BCUT2D eigenvalue weighted by molar-refractivity contribution is 7.99. The van der Waals surface area contributed by atoms with Gasteiger partial charge >= 0.3 is 0 Å². The van der Waals surface area contributed by atoms with E-state index in [1.165, 1.54) is 24.3 Å². The Morgan fingerprint density at radius 1 is 1.41 bits per heavy atom. The van der Waals surface area contributed by atoms with E-state index >= 15 is 0 Å². The minimum absolute atomic E-state index is 0.215. The van der Waals surface area contributed by atoms with Gasteiger partial charge < -0.3 is 11.1 Å². The maximum absolute atomic E-state index is 11.6. The van der Waals surface area contributed by atoms with Crippen molar-refractivity contribution in [1.29, 1.82) is 0 Å². The topological polar surface area (TPSA) is 55.1 Å². The molecule has 1 aliphatic rings. The average Bonchev–Trinajstić information content (AvgIpc) is 2.35. The highest BCUT2D eigenvalue weighted by Gasteiger charge is 2.14. The lowest BCUT2D eigenvalue weighted by molar-refractivity contribution is -0.121. The minimum atomic E-state index is 0.215. The highest BCUT2D eigenvalue weighted by atomic mass is 32.2. The van der Waals surface area contributed by atoms with Crippen molar-refractivity contribution < 1.29 is 4.79 Å². The average molecular weight is 258 g/mol. The third-order valence-corrected chi connectivity index (χ3v) is 4.50. The van der Waals surface area contributed by atoms with Crippen molar-refractivity contribution in [3.8, 4) is 0 Å². The van der Waals surface area contributed by atoms with Gasteiger partial charge in [-0.25, -0.2) is 0 Å². The first kappa shape index (κ1) is 14.8. The monoisotopic (exact) mass is 258 g/mol. The summed E-state index contributed by atoms with van der Waals surface area (Å²) in [6.45, 7) is 3.77. The van der Waals surface area contributed by atoms with Crippen molar-refractivity contribution >= 4 is 17.7 Å². The molecule has 1 heterocycles. The van der Waals surface area contributed by atoms with Crippen LogP contribution < -0.4 is 11.1 Å². The Balaban J connectivity index is 2.04. The quantitative estimate of drug-likeness (QED) is 0.734. The molecule has 1 atom stereocenters. The number of rotatable bonds is 7. The second-order valence-corrected chi connectivity index (χ2v) is 6.31. The lowest BCUT2D eigenvalue weighted by atomic mass is 10.0. The van der Waals surface area contributed by atoms with Gasteiger partial charge in [0.25, 0.3) is 0 Å². The van der Waals surface area contributed by atoms with Crippen LogP contribution in [-0.4, -0.2) is 30.5 Å². The number of nitrogens with two attached hydrogens (primary N) is 1. The standard InChI is InChI=1S/C13H26N2OS/c1-11(4-7-14)2-3-13(16)15-10-12-5-8-17-9-6-12/h11-12H,2-10,14H2,1H3,(H,15,16). The lowest BCUT2D eigenvalue weighted by Gasteiger charge is -2.21. The molecule has 1 aliphatic heterocycles. The number of hydrogen-bond acceptors (Lipinski definition) is 3. The third-order valence-electron chi connectivity index (χ3n) is 3.45. The molecule has 1 saturated heterocycles. The predicted molar refractivity (Wildman–Crippen MR) is 75.1 cm³/mol. The summed E-state index contributed by atoms with van der Waals surface area (Å²) in [6.07, 6.45) is 5.16. The Morgan fingerprint density at radius 2 is 2.12 bits per heavy atom. The molecule has 3 N–H and O–H groups in total. The molecule has 1 fully saturated rings. The fourth-order valence-corrected chi connectivity index (χ4v) is 3.31. The predicted octanol–water partition coefficient (Wildman–Crippen LogP) is 2.01. The van der Waals surface area contributed by atoms with Crippen molar-refractivity contribution in [1.82, 2.24) is 5.32 Å². The van der Waals surface area contributed by atoms with E-state index < -0.39 is 0 Å². The number of thioether (sulfide) groups is 1. The number of carbonyl (C=O) groups excluding carboxylic acids is 1. The Kier molecular flexibility index (Phi) is 7.69. The number of amides is 1. The maximum atomic E-state index is 11.6. The SMILES string of the molecule is CC(CCN)CCC(=O)NCC1CCSCC1. The second-order valence-electron chi connectivity index (χ2n) is 5.08. The number of nitrogens with one attached hydrogen (secondary N) is 1. The fourth-order valence-electron chi connectivity index (χ4n) is 2.10. The molecule has 17 heavy (non-hydrogen) atoms. The summed E-state index contributed by atoms with van der Waals surface area (Å²) in [4.78, 5) is 11.6. The summed E-state index contributed by atoms with van der Waals surface area (Å²) < 4.78 is 0. The van der Waals surface area contributed by atoms with Crippen molar-refractivity contribution in [3.05, 3.63) is 0 Å². The molecule has 0 radical (unpaired) electrons. The number of carbonyl (C=O) groups is 1. The van der Waals surface area contributed by atoms with Crippen LogP contribution in [0.2, 0.25) is 0 Å². The largest absolute Gasteiger partial charge is 0.356 e. The van der Waals surface area contributed by atoms with E-state index in [4.69, 9.17) is 5.73 Å². The zero-order valence-corrected chi connectivity index (χ0v) is 11.7. The Morgan fingerprint density at radius 3 is 2.76 bits per heavy atom. The van der Waals surface area contributed by atoms with Crippen molar-refractivity contribution in [3.63, 3.8) is 0 Å². The first-order valence-electron chi connectivity index (χ1n) is 6.77. The molecule has 100 valence electrons. The Hall–Kier alpha value is -0.220. The molecule has 0 aromatic carbocycles. The van der Waals surface area contributed by atoms with E-state index in [0.717, 1.165) is 25.9 Å². The third kappa shape index (κ3) is 6.94. The van der Waals surface area contributed by atoms with Gasteiger partial charge in [0, 0.05) is 13.0 Å². The Labute approximate surface area is 109 Å². The van der Waals surface area contributed by atoms with E-state index in [9.17, 15) is 4.79 Å². The van der Waals surface area contributed by atoms with Crippen LogP contribution in [0.15, 0.2) is 0 Å². The maximum Gasteiger partial charge on any atom is 0.220 e. The summed E-state index contributed by atoms with van der Waals surface area (Å²) in [5.41, 5.74) is 5.49. The van der Waals surface area contributed by atoms with Gasteiger partial charge in [-0.15, -0.1) is 0 Å². The van der Waals surface area contributed by atoms with E-state index in [0.29, 0.717) is 18.3 Å². The molecule has 0 aromatic heterocycles. The molecule has 0 aromatic rings. The summed E-state index contributed by atoms with van der Waals surface area (Å²) in [6, 6.07) is 0. The van der Waals surface area contributed by atoms with Crippen LogP contribution in [0.25, 0.3) is 0 Å². The van der Waals surface area contributed by atoms with Gasteiger partial charge in [0.15, 0.2) is 0 Å². The normalized spacial score (nSPS) is 18.9. The summed E-state index contributed by atoms with van der Waals surface area (Å²) in [5.74, 6) is 4.01. The van der Waals surface area contributed by atoms with Crippen LogP contribution in [0.5, 0.6) is 0 Å². The molecular formula is C13H26N2OS. The molecule has 0 spiro atoms. The first-order chi connectivity index (χ1) is 8.22. The molecule has 1 rings (SSSR count). The van der Waals surface area contributed by atoms with Gasteiger partial charge in [0.1, 0.15) is 0 Å². The van der Waals surface area contributed by atoms with Gasteiger partial charge in [0.2, 0.25) is 5.91 Å². The number of hydrogen-bond donors (Lipinski definition) is 2. The minimum Gasteiger partial charge on any atom is -0.356 e. The second kappa shape index (κ2) is 8.81. The fraction of sp³-hybridized carbons (Fsp3) is 0.923. The Bertz CT molecular complexity index is 217. The zero-order valence-electron chi connectivity index (χ0n) is 10.9. The zero-order chi connectivity index (χ0) is 12.5. The summed E-state index contributed by atoms with van der Waals surface area (Å²) in [7, 11) is 0. The molecule has 1 amide bonds. The van der Waals surface area contributed by atoms with Crippen molar-refractivity contribution in [2.45, 2.75) is 39.0 Å². The van der Waals surface area contributed by atoms with Crippen molar-refractivity contribution in [2.75, 3.05) is 24.6 Å². The van der Waals surface area contributed by atoms with Gasteiger partial charge in [-0.05, 0) is 55.6 Å². The molecular weight excluding hydrogens is 232 g/mol. The first-order valence-corrected chi connectivity index (χ1v) is 7.92. The van der Waals surface area contributed by atoms with Crippen molar-refractivity contribution in [2.24, 2.45) is 17.6 Å². The van der Waals surface area contributed by atoms with Crippen LogP contribution in [-0.2, 0) is 4.79 Å². The van der Waals surface area contributed by atoms with Gasteiger partial charge in [-0.3, -0.25) is 4.79 Å². The van der Waals surface area contributed by atoms with E-state index in [1.54, 1.807) is 0 Å². The molecule has 3 nitrogen and oxygen atoms in total. The van der Waals surface area contributed by atoms with Gasteiger partial charge in [-0.2, -0.15) is 11.8 Å².